The summed E-state index contributed by atoms with van der Waals surface area (Å²) < 4.78 is 13.1. The molecule has 0 saturated heterocycles. The Morgan fingerprint density at radius 2 is 2.06 bits per heavy atom. The molecule has 0 unspecified atom stereocenters. The second-order valence-corrected chi connectivity index (χ2v) is 5.20. The monoisotopic (exact) mass is 255 g/mol. The Labute approximate surface area is 108 Å². The molecule has 0 heterocycles. The van der Waals surface area contributed by atoms with Crippen molar-refractivity contribution < 1.29 is 4.39 Å². The van der Waals surface area contributed by atoms with Crippen LogP contribution in [0.2, 0.25) is 0 Å². The van der Waals surface area contributed by atoms with Gasteiger partial charge in [0.2, 0.25) is 0 Å². The normalized spacial score (nSPS) is 16.4. The molecule has 2 rings (SSSR count). The molecular formula is C14H19ClFN. The third-order valence-electron chi connectivity index (χ3n) is 3.60. The number of nitrogens with zero attached hydrogens (tertiary/aromatic N) is 1. The quantitative estimate of drug-likeness (QED) is 0.729. The molecule has 0 aromatic heterocycles. The number of halogens is 2. The van der Waals surface area contributed by atoms with Crippen molar-refractivity contribution in [2.45, 2.75) is 31.6 Å². The Balaban J connectivity index is 2.09. The van der Waals surface area contributed by atoms with E-state index in [9.17, 15) is 4.39 Å². The van der Waals surface area contributed by atoms with Gasteiger partial charge in [0.1, 0.15) is 5.82 Å². The van der Waals surface area contributed by atoms with Gasteiger partial charge >= 0.3 is 0 Å². The Morgan fingerprint density at radius 1 is 1.35 bits per heavy atom. The van der Waals surface area contributed by atoms with Gasteiger partial charge in [-0.15, -0.1) is 11.6 Å². The molecule has 0 N–H and O–H groups in total. The van der Waals surface area contributed by atoms with Gasteiger partial charge in [-0.3, -0.25) is 0 Å². The summed E-state index contributed by atoms with van der Waals surface area (Å²) in [5, 5.41) is 0. The van der Waals surface area contributed by atoms with E-state index in [2.05, 4.69) is 11.9 Å². The maximum atomic E-state index is 13.1. The summed E-state index contributed by atoms with van der Waals surface area (Å²) in [6.45, 7) is 1.05. The van der Waals surface area contributed by atoms with Crippen LogP contribution in [0.15, 0.2) is 18.2 Å². The molecule has 1 aliphatic rings. The van der Waals surface area contributed by atoms with E-state index in [1.165, 1.54) is 37.8 Å². The lowest BCUT2D eigenvalue weighted by atomic mass is 10.1. The summed E-state index contributed by atoms with van der Waals surface area (Å²) >= 11 is 5.87. The lowest BCUT2D eigenvalue weighted by Gasteiger charge is -2.25. The molecule has 94 valence electrons. The fourth-order valence-corrected chi connectivity index (χ4v) is 2.93. The summed E-state index contributed by atoms with van der Waals surface area (Å²) in [6, 6.07) is 4.88. The minimum Gasteiger partial charge on any atom is -0.374 e. The van der Waals surface area contributed by atoms with Crippen LogP contribution in [-0.2, 0) is 5.88 Å². The Morgan fingerprint density at radius 3 is 2.71 bits per heavy atom. The number of alkyl halides is 1. The molecule has 1 aromatic rings. The molecule has 0 radical (unpaired) electrons. The van der Waals surface area contributed by atoms with Crippen molar-refractivity contribution in [3.05, 3.63) is 29.6 Å². The summed E-state index contributed by atoms with van der Waals surface area (Å²) in [5.41, 5.74) is 1.94. The average Bonchev–Trinajstić information content (AvgIpc) is 2.81. The van der Waals surface area contributed by atoms with Crippen molar-refractivity contribution >= 4 is 17.3 Å². The minimum absolute atomic E-state index is 0.210. The third kappa shape index (κ3) is 3.12. The molecule has 1 nitrogen and oxygen atoms in total. The second-order valence-electron chi connectivity index (χ2n) is 4.94. The molecule has 1 aromatic carbocycles. The van der Waals surface area contributed by atoms with Crippen molar-refractivity contribution in [2.75, 3.05) is 18.5 Å². The van der Waals surface area contributed by atoms with E-state index in [-0.39, 0.29) is 5.82 Å². The highest BCUT2D eigenvalue weighted by atomic mass is 35.5. The molecule has 0 amide bonds. The van der Waals surface area contributed by atoms with Gasteiger partial charge < -0.3 is 4.90 Å². The van der Waals surface area contributed by atoms with E-state index in [1.807, 2.05) is 6.07 Å². The first-order chi connectivity index (χ1) is 8.20. The van der Waals surface area contributed by atoms with Crippen LogP contribution in [-0.4, -0.2) is 13.6 Å². The van der Waals surface area contributed by atoms with Crippen LogP contribution in [0.25, 0.3) is 0 Å². The van der Waals surface area contributed by atoms with Gasteiger partial charge in [0, 0.05) is 25.2 Å². The molecule has 1 saturated carbocycles. The highest BCUT2D eigenvalue weighted by molar-refractivity contribution is 6.17. The molecule has 3 heteroatoms. The largest absolute Gasteiger partial charge is 0.374 e. The van der Waals surface area contributed by atoms with Crippen LogP contribution in [0.1, 0.15) is 31.2 Å². The minimum atomic E-state index is -0.210. The second kappa shape index (κ2) is 5.72. The highest BCUT2D eigenvalue weighted by Crippen LogP contribution is 2.28. The topological polar surface area (TPSA) is 3.24 Å². The molecule has 0 spiro atoms. The van der Waals surface area contributed by atoms with Crippen LogP contribution in [0.5, 0.6) is 0 Å². The summed E-state index contributed by atoms with van der Waals surface area (Å²) in [7, 11) is 2.07. The van der Waals surface area contributed by atoms with E-state index in [0.29, 0.717) is 5.88 Å². The van der Waals surface area contributed by atoms with Gasteiger partial charge in [0.15, 0.2) is 0 Å². The zero-order chi connectivity index (χ0) is 12.3. The number of benzene rings is 1. The summed E-state index contributed by atoms with van der Waals surface area (Å²) in [4.78, 5) is 2.22. The van der Waals surface area contributed by atoms with Gasteiger partial charge in [-0.1, -0.05) is 12.8 Å². The summed E-state index contributed by atoms with van der Waals surface area (Å²) in [5.74, 6) is 0.939. The maximum Gasteiger partial charge on any atom is 0.123 e. The van der Waals surface area contributed by atoms with E-state index in [1.54, 1.807) is 0 Å². The Kier molecular flexibility index (Phi) is 4.27. The van der Waals surface area contributed by atoms with Crippen LogP contribution in [0.4, 0.5) is 10.1 Å². The number of hydrogen-bond donors (Lipinski definition) is 0. The van der Waals surface area contributed by atoms with Gasteiger partial charge in [0.05, 0.1) is 0 Å². The van der Waals surface area contributed by atoms with E-state index in [0.717, 1.165) is 23.7 Å². The average molecular weight is 256 g/mol. The van der Waals surface area contributed by atoms with Crippen molar-refractivity contribution in [2.24, 2.45) is 5.92 Å². The van der Waals surface area contributed by atoms with Gasteiger partial charge in [-0.25, -0.2) is 4.39 Å². The fraction of sp³-hybridized carbons (Fsp3) is 0.571. The first-order valence-corrected chi connectivity index (χ1v) is 6.79. The standard InChI is InChI=1S/C14H19ClFN/c1-17(10-11-4-2-3-5-11)14-7-6-13(16)8-12(14)9-15/h6-8,11H,2-5,9-10H2,1H3. The third-order valence-corrected chi connectivity index (χ3v) is 3.89. The van der Waals surface area contributed by atoms with E-state index in [4.69, 9.17) is 11.6 Å². The molecule has 1 aliphatic carbocycles. The number of anilines is 1. The van der Waals surface area contributed by atoms with E-state index < -0.39 is 0 Å². The predicted molar refractivity (Wildman–Crippen MR) is 71.2 cm³/mol. The number of hydrogen-bond acceptors (Lipinski definition) is 1. The van der Waals surface area contributed by atoms with Crippen LogP contribution < -0.4 is 4.90 Å². The first-order valence-electron chi connectivity index (χ1n) is 6.26. The molecule has 0 aliphatic heterocycles. The zero-order valence-electron chi connectivity index (χ0n) is 10.3. The van der Waals surface area contributed by atoms with Crippen molar-refractivity contribution in [1.82, 2.24) is 0 Å². The highest BCUT2D eigenvalue weighted by Gasteiger charge is 2.18. The smallest absolute Gasteiger partial charge is 0.123 e. The Hall–Kier alpha value is -0.760. The Bertz CT molecular complexity index is 374. The fourth-order valence-electron chi connectivity index (χ4n) is 2.71. The predicted octanol–water partition coefficient (Wildman–Crippen LogP) is 4.19. The van der Waals surface area contributed by atoms with Crippen molar-refractivity contribution in [3.63, 3.8) is 0 Å². The summed E-state index contributed by atoms with van der Waals surface area (Å²) in [6.07, 6.45) is 5.35. The lowest BCUT2D eigenvalue weighted by molar-refractivity contribution is 0.546. The maximum absolute atomic E-state index is 13.1. The van der Waals surface area contributed by atoms with E-state index >= 15 is 0 Å². The molecule has 0 atom stereocenters. The molecular weight excluding hydrogens is 237 g/mol. The first kappa shape index (κ1) is 12.7. The lowest BCUT2D eigenvalue weighted by Crippen LogP contribution is -2.24. The number of rotatable bonds is 4. The zero-order valence-corrected chi connectivity index (χ0v) is 11.0. The molecule has 0 bridgehead atoms. The SMILES string of the molecule is CN(CC1CCCC1)c1ccc(F)cc1CCl. The van der Waals surface area contributed by atoms with Gasteiger partial charge in [-0.2, -0.15) is 0 Å². The molecule has 1 fully saturated rings. The van der Waals surface area contributed by atoms with Crippen LogP contribution >= 0.6 is 11.6 Å². The van der Waals surface area contributed by atoms with Crippen molar-refractivity contribution in [3.8, 4) is 0 Å². The van der Waals surface area contributed by atoms with Crippen LogP contribution in [0, 0.1) is 11.7 Å². The van der Waals surface area contributed by atoms with Gasteiger partial charge in [-0.05, 0) is 42.5 Å². The van der Waals surface area contributed by atoms with Crippen molar-refractivity contribution in [1.29, 1.82) is 0 Å². The van der Waals surface area contributed by atoms with Gasteiger partial charge in [0.25, 0.3) is 0 Å². The molecule has 17 heavy (non-hydrogen) atoms. The van der Waals surface area contributed by atoms with Crippen LogP contribution in [0.3, 0.4) is 0 Å².